The Morgan fingerprint density at radius 3 is 2.60 bits per heavy atom. The fraction of sp³-hybridized carbons (Fsp3) is 0.0588. The number of carbonyl (C=O) groups is 2. The lowest BCUT2D eigenvalue weighted by Crippen LogP contribution is -2.20. The molecule has 7 nitrogen and oxygen atoms in total. The van der Waals surface area contributed by atoms with Crippen LogP contribution in [0.4, 0.5) is 15.8 Å². The number of ether oxygens (including phenoxy) is 1. The third kappa shape index (κ3) is 5.87. The minimum Gasteiger partial charge on any atom is -0.452 e. The molecule has 1 amide bonds. The molecule has 0 aliphatic rings. The number of anilines is 1. The summed E-state index contributed by atoms with van der Waals surface area (Å²) in [4.78, 5) is 33.3. The summed E-state index contributed by atoms with van der Waals surface area (Å²) >= 11 is 0. The molecule has 0 saturated heterocycles. The lowest BCUT2D eigenvalue weighted by Gasteiger charge is -2.05. The predicted molar refractivity (Wildman–Crippen MR) is 88.1 cm³/mol. The van der Waals surface area contributed by atoms with E-state index in [1.54, 1.807) is 0 Å². The molecule has 0 aromatic heterocycles. The van der Waals surface area contributed by atoms with E-state index in [9.17, 15) is 24.1 Å². The summed E-state index contributed by atoms with van der Waals surface area (Å²) in [6.45, 7) is -0.546. The normalized spacial score (nSPS) is 10.4. The maximum atomic E-state index is 12.7. The second-order valence-electron chi connectivity index (χ2n) is 4.85. The standard InChI is InChI=1S/C17H13FN2O5/c18-13-7-4-12(5-8-13)6-9-17(22)25-11-16(21)19-14-2-1-3-15(10-14)20(23)24/h1-10H,11H2,(H,19,21)/b9-6+. The van der Waals surface area contributed by atoms with Crippen molar-refractivity contribution in [3.8, 4) is 0 Å². The zero-order valence-corrected chi connectivity index (χ0v) is 12.8. The molecule has 2 aromatic carbocycles. The third-order valence-electron chi connectivity index (χ3n) is 2.97. The topological polar surface area (TPSA) is 98.5 Å². The van der Waals surface area contributed by atoms with Crippen LogP contribution in [-0.4, -0.2) is 23.4 Å². The molecule has 128 valence electrons. The van der Waals surface area contributed by atoms with Gasteiger partial charge in [0.05, 0.1) is 4.92 Å². The van der Waals surface area contributed by atoms with Gasteiger partial charge in [0.25, 0.3) is 11.6 Å². The molecular formula is C17H13FN2O5. The lowest BCUT2D eigenvalue weighted by molar-refractivity contribution is -0.384. The molecule has 2 aromatic rings. The first-order valence-electron chi connectivity index (χ1n) is 7.09. The van der Waals surface area contributed by atoms with Gasteiger partial charge in [-0.25, -0.2) is 9.18 Å². The van der Waals surface area contributed by atoms with Crippen molar-refractivity contribution in [2.75, 3.05) is 11.9 Å². The van der Waals surface area contributed by atoms with Crippen LogP contribution in [0.5, 0.6) is 0 Å². The number of hydrogen-bond acceptors (Lipinski definition) is 5. The molecule has 1 N–H and O–H groups in total. The van der Waals surface area contributed by atoms with Crippen LogP contribution >= 0.6 is 0 Å². The summed E-state index contributed by atoms with van der Waals surface area (Å²) in [5.41, 5.74) is 0.647. The van der Waals surface area contributed by atoms with E-state index in [4.69, 9.17) is 4.74 Å². The molecule has 0 saturated carbocycles. The molecule has 8 heteroatoms. The van der Waals surface area contributed by atoms with Crippen molar-refractivity contribution in [3.63, 3.8) is 0 Å². The smallest absolute Gasteiger partial charge is 0.331 e. The number of carbonyl (C=O) groups excluding carboxylic acids is 2. The molecule has 0 fully saturated rings. The van der Waals surface area contributed by atoms with Gasteiger partial charge in [0.15, 0.2) is 6.61 Å². The number of amides is 1. The SMILES string of the molecule is O=C(COC(=O)/C=C/c1ccc(F)cc1)Nc1cccc([N+](=O)[O-])c1. The molecule has 0 aliphatic carbocycles. The van der Waals surface area contributed by atoms with E-state index in [2.05, 4.69) is 5.32 Å². The quantitative estimate of drug-likeness (QED) is 0.376. The highest BCUT2D eigenvalue weighted by Crippen LogP contribution is 2.16. The number of rotatable bonds is 6. The third-order valence-corrected chi connectivity index (χ3v) is 2.97. The van der Waals surface area contributed by atoms with Crippen molar-refractivity contribution < 1.29 is 23.6 Å². The van der Waals surface area contributed by atoms with E-state index >= 15 is 0 Å². The molecule has 0 unspecified atom stereocenters. The average Bonchev–Trinajstić information content (AvgIpc) is 2.59. The van der Waals surface area contributed by atoms with Gasteiger partial charge in [-0.1, -0.05) is 18.2 Å². The van der Waals surface area contributed by atoms with Crippen LogP contribution in [-0.2, 0) is 14.3 Å². The van der Waals surface area contributed by atoms with Crippen LogP contribution < -0.4 is 5.32 Å². The molecule has 0 heterocycles. The minimum atomic E-state index is -0.751. The first-order valence-corrected chi connectivity index (χ1v) is 7.09. The molecule has 25 heavy (non-hydrogen) atoms. The summed E-state index contributed by atoms with van der Waals surface area (Å²) in [7, 11) is 0. The van der Waals surface area contributed by atoms with Gasteiger partial charge in [-0.05, 0) is 29.8 Å². The van der Waals surface area contributed by atoms with Crippen LogP contribution in [0.3, 0.4) is 0 Å². The van der Waals surface area contributed by atoms with Gasteiger partial charge < -0.3 is 10.1 Å². The largest absolute Gasteiger partial charge is 0.452 e. The molecule has 0 bridgehead atoms. The number of benzene rings is 2. The molecule has 0 spiro atoms. The second-order valence-corrected chi connectivity index (χ2v) is 4.85. The molecule has 2 rings (SSSR count). The van der Waals surface area contributed by atoms with Crippen molar-refractivity contribution in [1.29, 1.82) is 0 Å². The number of nitro groups is 1. The summed E-state index contributed by atoms with van der Waals surface area (Å²) in [6, 6.07) is 10.8. The Labute approximate surface area is 141 Å². The number of nitrogens with one attached hydrogen (secondary N) is 1. The van der Waals surface area contributed by atoms with Gasteiger partial charge in [-0.3, -0.25) is 14.9 Å². The van der Waals surface area contributed by atoms with Crippen molar-refractivity contribution in [2.24, 2.45) is 0 Å². The van der Waals surface area contributed by atoms with Crippen LogP contribution in [0, 0.1) is 15.9 Å². The van der Waals surface area contributed by atoms with Gasteiger partial charge in [0.2, 0.25) is 0 Å². The zero-order chi connectivity index (χ0) is 18.2. The van der Waals surface area contributed by atoms with E-state index in [1.165, 1.54) is 54.6 Å². The molecular weight excluding hydrogens is 331 g/mol. The summed E-state index contributed by atoms with van der Waals surface area (Å²) in [5.74, 6) is -1.78. The van der Waals surface area contributed by atoms with Crippen molar-refractivity contribution in [2.45, 2.75) is 0 Å². The fourth-order valence-corrected chi connectivity index (χ4v) is 1.82. The van der Waals surface area contributed by atoms with E-state index in [-0.39, 0.29) is 11.4 Å². The van der Waals surface area contributed by atoms with Crippen molar-refractivity contribution in [1.82, 2.24) is 0 Å². The highest BCUT2D eigenvalue weighted by Gasteiger charge is 2.09. The summed E-state index contributed by atoms with van der Waals surface area (Å²) in [5, 5.41) is 13.0. The van der Waals surface area contributed by atoms with Gasteiger partial charge in [-0.2, -0.15) is 0 Å². The number of halogens is 1. The molecule has 0 atom stereocenters. The van der Waals surface area contributed by atoms with Gasteiger partial charge in [0.1, 0.15) is 5.82 Å². The lowest BCUT2D eigenvalue weighted by atomic mass is 10.2. The first-order chi connectivity index (χ1) is 11.9. The van der Waals surface area contributed by atoms with Gasteiger partial charge >= 0.3 is 5.97 Å². The van der Waals surface area contributed by atoms with Gasteiger partial charge in [0, 0.05) is 23.9 Å². The zero-order valence-electron chi connectivity index (χ0n) is 12.8. The Balaban J connectivity index is 1.83. The molecule has 0 aliphatic heterocycles. The summed E-state index contributed by atoms with van der Waals surface area (Å²) in [6.07, 6.45) is 2.52. The number of nitrogens with zero attached hydrogens (tertiary/aromatic N) is 1. The van der Waals surface area contributed by atoms with Crippen LogP contribution in [0.2, 0.25) is 0 Å². The Morgan fingerprint density at radius 1 is 1.20 bits per heavy atom. The minimum absolute atomic E-state index is 0.169. The monoisotopic (exact) mass is 344 g/mol. The number of esters is 1. The van der Waals surface area contributed by atoms with Crippen LogP contribution in [0.15, 0.2) is 54.6 Å². The van der Waals surface area contributed by atoms with Crippen LogP contribution in [0.1, 0.15) is 5.56 Å². The van der Waals surface area contributed by atoms with Crippen LogP contribution in [0.25, 0.3) is 6.08 Å². The highest BCUT2D eigenvalue weighted by atomic mass is 19.1. The average molecular weight is 344 g/mol. The Hall–Kier alpha value is -3.55. The Bertz CT molecular complexity index is 818. The number of nitro benzene ring substituents is 1. The maximum absolute atomic E-state index is 12.7. The van der Waals surface area contributed by atoms with Crippen molar-refractivity contribution in [3.05, 3.63) is 76.1 Å². The Morgan fingerprint density at radius 2 is 1.92 bits per heavy atom. The fourth-order valence-electron chi connectivity index (χ4n) is 1.82. The van der Waals surface area contributed by atoms with E-state index in [1.807, 2.05) is 0 Å². The predicted octanol–water partition coefficient (Wildman–Crippen LogP) is 2.93. The first kappa shape index (κ1) is 17.8. The molecule has 0 radical (unpaired) electrons. The van der Waals surface area contributed by atoms with E-state index in [0.29, 0.717) is 5.56 Å². The maximum Gasteiger partial charge on any atom is 0.331 e. The van der Waals surface area contributed by atoms with E-state index < -0.39 is 29.2 Å². The van der Waals surface area contributed by atoms with Gasteiger partial charge in [-0.15, -0.1) is 0 Å². The second kappa shape index (κ2) is 8.34. The highest BCUT2D eigenvalue weighted by molar-refractivity contribution is 5.94. The van der Waals surface area contributed by atoms with E-state index in [0.717, 1.165) is 6.08 Å². The summed E-state index contributed by atoms with van der Waals surface area (Å²) < 4.78 is 17.5. The van der Waals surface area contributed by atoms with Crippen molar-refractivity contribution >= 4 is 29.3 Å². The number of hydrogen-bond donors (Lipinski definition) is 1. The Kier molecular flexibility index (Phi) is 5.94. The number of non-ortho nitro benzene ring substituents is 1.